The highest BCUT2D eigenvalue weighted by atomic mass is 16.5. The molecule has 2 aromatic carbocycles. The molecule has 1 aromatic heterocycles. The van der Waals surface area contributed by atoms with E-state index in [-0.39, 0.29) is 36.2 Å². The van der Waals surface area contributed by atoms with Crippen LogP contribution in [0.1, 0.15) is 37.7 Å². The summed E-state index contributed by atoms with van der Waals surface area (Å²) in [6, 6.07) is 20.0. The summed E-state index contributed by atoms with van der Waals surface area (Å²) in [7, 11) is 0. The lowest BCUT2D eigenvalue weighted by molar-refractivity contribution is -0.140. The monoisotopic (exact) mass is 637 g/mol. The molecule has 0 saturated carbocycles. The van der Waals surface area contributed by atoms with Crippen molar-refractivity contribution in [3.63, 3.8) is 0 Å². The Balaban J connectivity index is 1.11. The number of allylic oxidation sites excluding steroid dienone is 2. The standard InChI is InChI=1S/C37H43N5O5/c43-34(39-29-11-13-30(14-12-29)47-31-10-6-19-38-24-31)26-42-20-15-32-28(25-42)9-4-5-16-37(17-21-46-22-18-37)36(45)41-33(35(44)40-32)23-27-7-2-1-3-8-27/h1-8,10-14,19,24,28,32-33H,9,15-18,20-23,25-26H2,(H,39,43)(H,40,44)(H,41,45)/b5-4+/t28-,32+,33+/m0/s1. The van der Waals surface area contributed by atoms with E-state index in [0.717, 1.165) is 12.0 Å². The Labute approximate surface area is 275 Å². The number of piperidine rings is 1. The summed E-state index contributed by atoms with van der Waals surface area (Å²) in [6.07, 6.45) is 11.3. The molecule has 2 fully saturated rings. The van der Waals surface area contributed by atoms with Gasteiger partial charge in [0.25, 0.3) is 0 Å². The van der Waals surface area contributed by atoms with Crippen LogP contribution in [0.3, 0.4) is 0 Å². The summed E-state index contributed by atoms with van der Waals surface area (Å²) in [6.45, 7) is 2.67. The molecule has 3 aliphatic heterocycles. The van der Waals surface area contributed by atoms with Crippen molar-refractivity contribution in [2.75, 3.05) is 38.2 Å². The zero-order valence-corrected chi connectivity index (χ0v) is 26.6. The molecule has 4 heterocycles. The molecule has 3 atom stereocenters. The first-order valence-corrected chi connectivity index (χ1v) is 16.5. The van der Waals surface area contributed by atoms with Gasteiger partial charge in [0.1, 0.15) is 17.5 Å². The molecule has 1 spiro atoms. The van der Waals surface area contributed by atoms with Gasteiger partial charge in [-0.3, -0.25) is 24.3 Å². The van der Waals surface area contributed by atoms with Crippen molar-refractivity contribution < 1.29 is 23.9 Å². The molecule has 0 bridgehead atoms. The Kier molecular flexibility index (Phi) is 10.6. The molecule has 3 aliphatic rings. The van der Waals surface area contributed by atoms with Crippen molar-refractivity contribution in [3.05, 3.63) is 96.8 Å². The van der Waals surface area contributed by atoms with Gasteiger partial charge in [0.2, 0.25) is 17.7 Å². The zero-order valence-electron chi connectivity index (χ0n) is 26.6. The first-order valence-electron chi connectivity index (χ1n) is 16.5. The van der Waals surface area contributed by atoms with Gasteiger partial charge in [0, 0.05) is 50.7 Å². The number of rotatable bonds is 7. The highest BCUT2D eigenvalue weighted by Gasteiger charge is 2.41. The molecule has 6 rings (SSSR count). The molecule has 3 amide bonds. The van der Waals surface area contributed by atoms with Crippen LogP contribution in [-0.2, 0) is 25.5 Å². The van der Waals surface area contributed by atoms with Gasteiger partial charge < -0.3 is 25.4 Å². The van der Waals surface area contributed by atoms with Crippen LogP contribution in [0, 0.1) is 11.3 Å². The van der Waals surface area contributed by atoms with Gasteiger partial charge in [-0.05, 0) is 80.0 Å². The number of carbonyl (C=O) groups excluding carboxylic acids is 3. The van der Waals surface area contributed by atoms with Gasteiger partial charge in [-0.15, -0.1) is 0 Å². The van der Waals surface area contributed by atoms with E-state index in [9.17, 15) is 14.4 Å². The highest BCUT2D eigenvalue weighted by molar-refractivity contribution is 5.92. The van der Waals surface area contributed by atoms with Gasteiger partial charge in [-0.2, -0.15) is 0 Å². The topological polar surface area (TPSA) is 122 Å². The van der Waals surface area contributed by atoms with Gasteiger partial charge in [0.05, 0.1) is 18.2 Å². The summed E-state index contributed by atoms with van der Waals surface area (Å²) in [5, 5.41) is 9.45. The predicted octanol–water partition coefficient (Wildman–Crippen LogP) is 4.49. The molecule has 3 aromatic rings. The number of hydrogen-bond acceptors (Lipinski definition) is 7. The van der Waals surface area contributed by atoms with E-state index in [2.05, 4.69) is 38.0 Å². The third kappa shape index (κ3) is 8.64. The van der Waals surface area contributed by atoms with Crippen LogP contribution in [0.15, 0.2) is 91.3 Å². The van der Waals surface area contributed by atoms with Crippen LogP contribution in [0.25, 0.3) is 0 Å². The van der Waals surface area contributed by atoms with E-state index in [1.54, 1.807) is 12.4 Å². The van der Waals surface area contributed by atoms with Crippen LogP contribution >= 0.6 is 0 Å². The molecule has 0 radical (unpaired) electrons. The number of nitrogens with one attached hydrogen (secondary N) is 3. The molecule has 10 heteroatoms. The Hall–Kier alpha value is -4.54. The fourth-order valence-corrected chi connectivity index (χ4v) is 6.75. The molecular formula is C37H43N5O5. The average Bonchev–Trinajstić information content (AvgIpc) is 3.09. The number of amides is 3. The zero-order chi connectivity index (χ0) is 32.5. The van der Waals surface area contributed by atoms with Crippen molar-refractivity contribution in [3.8, 4) is 11.5 Å². The molecule has 47 heavy (non-hydrogen) atoms. The number of benzene rings is 2. The second-order valence-corrected chi connectivity index (χ2v) is 12.8. The van der Waals surface area contributed by atoms with Crippen molar-refractivity contribution >= 4 is 23.4 Å². The Bertz CT molecular complexity index is 1530. The third-order valence-electron chi connectivity index (χ3n) is 9.47. The number of aromatic nitrogens is 1. The number of carbonyl (C=O) groups is 3. The van der Waals surface area contributed by atoms with Crippen LogP contribution in [0.4, 0.5) is 5.69 Å². The Morgan fingerprint density at radius 1 is 0.979 bits per heavy atom. The smallest absolute Gasteiger partial charge is 0.243 e. The summed E-state index contributed by atoms with van der Waals surface area (Å²) in [5.41, 5.74) is 1.09. The molecule has 0 unspecified atom stereocenters. The van der Waals surface area contributed by atoms with Gasteiger partial charge in [-0.25, -0.2) is 0 Å². The van der Waals surface area contributed by atoms with E-state index >= 15 is 0 Å². The van der Waals surface area contributed by atoms with E-state index in [4.69, 9.17) is 9.47 Å². The van der Waals surface area contributed by atoms with E-state index in [0.29, 0.717) is 75.6 Å². The van der Waals surface area contributed by atoms with Crippen LogP contribution in [-0.4, -0.2) is 72.5 Å². The van der Waals surface area contributed by atoms with Crippen molar-refractivity contribution in [2.45, 2.75) is 50.6 Å². The van der Waals surface area contributed by atoms with Crippen LogP contribution < -0.4 is 20.7 Å². The molecule has 3 N–H and O–H groups in total. The lowest BCUT2D eigenvalue weighted by atomic mass is 9.75. The number of anilines is 1. The normalized spacial score (nSPS) is 24.0. The first-order chi connectivity index (χ1) is 23.0. The fourth-order valence-electron chi connectivity index (χ4n) is 6.75. The van der Waals surface area contributed by atoms with Gasteiger partial charge in [-0.1, -0.05) is 42.5 Å². The lowest BCUT2D eigenvalue weighted by Crippen LogP contribution is -2.58. The fraction of sp³-hybridized carbons (Fsp3) is 0.405. The minimum atomic E-state index is -0.682. The van der Waals surface area contributed by atoms with E-state index < -0.39 is 11.5 Å². The molecule has 246 valence electrons. The minimum Gasteiger partial charge on any atom is -0.456 e. The maximum Gasteiger partial charge on any atom is 0.243 e. The van der Waals surface area contributed by atoms with Crippen molar-refractivity contribution in [2.24, 2.45) is 11.3 Å². The number of nitrogens with zero attached hydrogens (tertiary/aromatic N) is 2. The van der Waals surface area contributed by atoms with E-state index in [1.807, 2.05) is 66.7 Å². The second kappa shape index (κ2) is 15.4. The highest BCUT2D eigenvalue weighted by Crippen LogP contribution is 2.36. The summed E-state index contributed by atoms with van der Waals surface area (Å²) in [4.78, 5) is 46.9. The number of hydrogen-bond donors (Lipinski definition) is 3. The van der Waals surface area contributed by atoms with Crippen molar-refractivity contribution in [1.82, 2.24) is 20.5 Å². The van der Waals surface area contributed by atoms with Crippen LogP contribution in [0.2, 0.25) is 0 Å². The Morgan fingerprint density at radius 2 is 1.79 bits per heavy atom. The third-order valence-corrected chi connectivity index (χ3v) is 9.47. The number of likely N-dealkylation sites (tertiary alicyclic amines) is 1. The predicted molar refractivity (Wildman–Crippen MR) is 179 cm³/mol. The Morgan fingerprint density at radius 3 is 2.55 bits per heavy atom. The first kappa shape index (κ1) is 32.4. The van der Waals surface area contributed by atoms with Gasteiger partial charge >= 0.3 is 0 Å². The number of ether oxygens (including phenoxy) is 2. The quantitative estimate of drug-likeness (QED) is 0.327. The number of fused-ring (bicyclic) bond motifs is 1. The summed E-state index contributed by atoms with van der Waals surface area (Å²) < 4.78 is 11.4. The average molecular weight is 638 g/mol. The molecule has 2 saturated heterocycles. The van der Waals surface area contributed by atoms with Crippen LogP contribution in [0.5, 0.6) is 11.5 Å². The van der Waals surface area contributed by atoms with Crippen molar-refractivity contribution in [1.29, 1.82) is 0 Å². The minimum absolute atomic E-state index is 0.0644. The number of pyridine rings is 1. The summed E-state index contributed by atoms with van der Waals surface area (Å²) >= 11 is 0. The van der Waals surface area contributed by atoms with Gasteiger partial charge in [0.15, 0.2) is 0 Å². The maximum absolute atomic E-state index is 13.8. The largest absolute Gasteiger partial charge is 0.456 e. The SMILES string of the molecule is O=C(CN1CC[C@H]2NC(=O)[C@@H](Cc3ccccc3)NC(=O)C3(C/C=C/C[C@H]2C1)CCOCC3)Nc1ccc(Oc2cccnc2)cc1. The van der Waals surface area contributed by atoms with E-state index in [1.165, 1.54) is 0 Å². The summed E-state index contributed by atoms with van der Waals surface area (Å²) in [5.74, 6) is 1.10. The second-order valence-electron chi connectivity index (χ2n) is 12.8. The lowest BCUT2D eigenvalue weighted by Gasteiger charge is -2.40. The molecular weight excluding hydrogens is 594 g/mol. The molecule has 0 aliphatic carbocycles. The molecule has 10 nitrogen and oxygen atoms in total. The maximum atomic E-state index is 13.8.